The number of carbonyl (C=O) groups is 2. The smallest absolute Gasteiger partial charge is 0.416 e. The number of rotatable bonds is 9. The molecule has 51 heavy (non-hydrogen) atoms. The first-order valence-corrected chi connectivity index (χ1v) is 16.7. The number of carbonyl (C=O) groups excluding carboxylic acids is 2. The molecule has 0 bridgehead atoms. The van der Waals surface area contributed by atoms with E-state index in [1.165, 1.54) is 10.8 Å². The zero-order valence-electron chi connectivity index (χ0n) is 27.8. The van der Waals surface area contributed by atoms with Crippen molar-refractivity contribution in [3.05, 3.63) is 74.4 Å². The number of alkyl halides is 3. The van der Waals surface area contributed by atoms with Gasteiger partial charge >= 0.3 is 6.18 Å². The molecule has 0 radical (unpaired) electrons. The molecule has 14 nitrogen and oxygen atoms in total. The van der Waals surface area contributed by atoms with Crippen molar-refractivity contribution >= 4 is 46.1 Å². The van der Waals surface area contributed by atoms with Crippen LogP contribution in [-0.4, -0.2) is 78.9 Å². The van der Waals surface area contributed by atoms with Crippen LogP contribution in [0.5, 0.6) is 5.75 Å². The first kappa shape index (κ1) is 35.8. The van der Waals surface area contributed by atoms with Crippen molar-refractivity contribution in [3.63, 3.8) is 0 Å². The Kier molecular flexibility index (Phi) is 10.3. The summed E-state index contributed by atoms with van der Waals surface area (Å²) in [6.45, 7) is 5.01. The van der Waals surface area contributed by atoms with Crippen molar-refractivity contribution in [1.82, 2.24) is 34.4 Å². The van der Waals surface area contributed by atoms with Crippen LogP contribution in [0.4, 0.5) is 24.5 Å². The van der Waals surface area contributed by atoms with E-state index in [-0.39, 0.29) is 52.6 Å². The van der Waals surface area contributed by atoms with E-state index >= 15 is 0 Å². The van der Waals surface area contributed by atoms with Crippen molar-refractivity contribution in [2.75, 3.05) is 43.1 Å². The van der Waals surface area contributed by atoms with Gasteiger partial charge in [0.1, 0.15) is 18.6 Å². The van der Waals surface area contributed by atoms with Crippen LogP contribution in [0.3, 0.4) is 0 Å². The molecule has 2 aliphatic heterocycles. The first-order valence-electron chi connectivity index (χ1n) is 16.4. The van der Waals surface area contributed by atoms with Crippen molar-refractivity contribution in [3.8, 4) is 5.75 Å². The number of hydrogen-bond donors (Lipinski definition) is 3. The van der Waals surface area contributed by atoms with Gasteiger partial charge in [0.25, 0.3) is 11.5 Å². The lowest BCUT2D eigenvalue weighted by atomic mass is 9.97. The van der Waals surface area contributed by atoms with E-state index in [1.54, 1.807) is 11.5 Å². The number of anilines is 2. The Morgan fingerprint density at radius 1 is 1.22 bits per heavy atom. The predicted octanol–water partition coefficient (Wildman–Crippen LogP) is 4.02. The molecule has 2 aliphatic rings. The Morgan fingerprint density at radius 3 is 2.73 bits per heavy atom. The molecule has 3 aromatic heterocycles. The number of hydrogen-bond acceptors (Lipinski definition) is 10. The lowest BCUT2D eigenvalue weighted by molar-refractivity contribution is -0.137. The molecule has 6 rings (SSSR count). The number of benzene rings is 1. The van der Waals surface area contributed by atoms with Crippen LogP contribution in [0.25, 0.3) is 11.4 Å². The number of aryl methyl sites for hydroxylation is 1. The van der Waals surface area contributed by atoms with Crippen LogP contribution < -0.4 is 21.1 Å². The Balaban J connectivity index is 1.32. The highest BCUT2D eigenvalue weighted by Gasteiger charge is 2.32. The third kappa shape index (κ3) is 7.54. The normalized spacial score (nSPS) is 16.6. The summed E-state index contributed by atoms with van der Waals surface area (Å²) in [7, 11) is 0. The maximum absolute atomic E-state index is 14.3. The molecule has 0 aliphatic carbocycles. The highest BCUT2D eigenvalue weighted by molar-refractivity contribution is 6.33. The SMILES string of the molecule is CCc1c(N2CCC[C@@H](CNC(=O)c3ncnc(C)c3O)C2)c(=O)n2nc(C3=CCOCC3)nc2n1CC(=O)Nc1ccc(C(F)(F)F)cc1Cl. The van der Waals surface area contributed by atoms with E-state index in [9.17, 15) is 32.7 Å². The molecule has 0 unspecified atom stereocenters. The number of fused-ring (bicyclic) bond motifs is 1. The molecule has 3 N–H and O–H groups in total. The molecule has 1 aromatic carbocycles. The van der Waals surface area contributed by atoms with Crippen LogP contribution in [0.1, 0.15) is 59.5 Å². The number of aromatic nitrogens is 6. The monoisotopic (exact) mass is 729 g/mol. The minimum Gasteiger partial charge on any atom is -0.504 e. The molecule has 2 amide bonds. The summed E-state index contributed by atoms with van der Waals surface area (Å²) in [5, 5.41) is 19.9. The predicted molar refractivity (Wildman–Crippen MR) is 181 cm³/mol. The van der Waals surface area contributed by atoms with Crippen LogP contribution in [0.2, 0.25) is 5.02 Å². The van der Waals surface area contributed by atoms with Gasteiger partial charge in [-0.3, -0.25) is 14.4 Å². The summed E-state index contributed by atoms with van der Waals surface area (Å²) < 4.78 is 47.8. The topological polar surface area (TPSA) is 169 Å². The van der Waals surface area contributed by atoms with Gasteiger partial charge in [0.2, 0.25) is 11.7 Å². The number of halogens is 4. The zero-order chi connectivity index (χ0) is 36.4. The molecule has 18 heteroatoms. The third-order valence-corrected chi connectivity index (χ3v) is 9.20. The Bertz CT molecular complexity index is 2080. The van der Waals surface area contributed by atoms with Crippen LogP contribution in [0.15, 0.2) is 35.4 Å². The number of aromatic hydroxyl groups is 1. The molecular formula is C33H35ClF3N9O5. The van der Waals surface area contributed by atoms with E-state index in [0.29, 0.717) is 62.8 Å². The number of nitrogens with zero attached hydrogens (tertiary/aromatic N) is 7. The zero-order valence-corrected chi connectivity index (χ0v) is 28.5. The molecule has 0 saturated carbocycles. The summed E-state index contributed by atoms with van der Waals surface area (Å²) in [5.74, 6) is -1.10. The Morgan fingerprint density at radius 2 is 2.02 bits per heavy atom. The highest BCUT2D eigenvalue weighted by Crippen LogP contribution is 2.34. The van der Waals surface area contributed by atoms with E-state index in [1.807, 2.05) is 17.9 Å². The second-order valence-electron chi connectivity index (χ2n) is 12.3. The van der Waals surface area contributed by atoms with Gasteiger partial charge in [-0.2, -0.15) is 22.7 Å². The standard InChI is InChI=1S/C33H35ClF3N9O5/c1-3-24-27(44-10-4-5-19(15-44)14-38-30(49)26-28(48)18(2)39-17-40-26)31(50)46-32(42-29(43-46)20-8-11-51-12-9-20)45(24)16-25(47)41-23-7-6-21(13-22(23)34)33(35,36)37/h6-8,13,17,19,48H,3-5,9-12,14-16H2,1-2H3,(H,38,49)(H,41,47)/t19-/m0/s1. The van der Waals surface area contributed by atoms with Gasteiger partial charge in [-0.15, -0.1) is 5.10 Å². The van der Waals surface area contributed by atoms with E-state index in [0.717, 1.165) is 30.2 Å². The summed E-state index contributed by atoms with van der Waals surface area (Å²) in [6, 6.07) is 2.65. The van der Waals surface area contributed by atoms with Crippen molar-refractivity contribution in [2.45, 2.75) is 52.3 Å². The van der Waals surface area contributed by atoms with Crippen molar-refractivity contribution in [1.29, 1.82) is 0 Å². The highest BCUT2D eigenvalue weighted by atomic mass is 35.5. The molecule has 1 atom stereocenters. The molecule has 1 fully saturated rings. The number of nitrogens with one attached hydrogen (secondary N) is 2. The molecule has 4 aromatic rings. The fourth-order valence-electron chi connectivity index (χ4n) is 6.31. The largest absolute Gasteiger partial charge is 0.504 e. The second kappa shape index (κ2) is 14.7. The van der Waals surface area contributed by atoms with Gasteiger partial charge in [0.05, 0.1) is 40.9 Å². The third-order valence-electron chi connectivity index (χ3n) is 8.89. The molecule has 0 spiro atoms. The van der Waals surface area contributed by atoms with Crippen LogP contribution >= 0.6 is 11.6 Å². The number of amides is 2. The number of ether oxygens (including phenoxy) is 1. The van der Waals surface area contributed by atoms with Gasteiger partial charge < -0.3 is 29.9 Å². The first-order chi connectivity index (χ1) is 24.3. The van der Waals surface area contributed by atoms with Gasteiger partial charge in [0, 0.05) is 19.6 Å². The second-order valence-corrected chi connectivity index (χ2v) is 12.7. The van der Waals surface area contributed by atoms with E-state index in [4.69, 9.17) is 16.3 Å². The number of piperidine rings is 1. The minimum absolute atomic E-state index is 0.00844. The fraction of sp³-hybridized carbons (Fsp3) is 0.424. The minimum atomic E-state index is -4.61. The van der Waals surface area contributed by atoms with Gasteiger partial charge in [-0.1, -0.05) is 24.6 Å². The average Bonchev–Trinajstić information content (AvgIpc) is 3.57. The molecule has 5 heterocycles. The van der Waals surface area contributed by atoms with E-state index in [2.05, 4.69) is 30.7 Å². The van der Waals surface area contributed by atoms with E-state index < -0.39 is 29.1 Å². The van der Waals surface area contributed by atoms with Gasteiger partial charge in [0.15, 0.2) is 17.3 Å². The summed E-state index contributed by atoms with van der Waals surface area (Å²) in [4.78, 5) is 55.0. The summed E-state index contributed by atoms with van der Waals surface area (Å²) >= 11 is 6.12. The Labute approximate surface area is 294 Å². The molecule has 270 valence electrons. The lowest BCUT2D eigenvalue weighted by Gasteiger charge is -2.35. The van der Waals surface area contributed by atoms with Crippen LogP contribution in [-0.2, 0) is 28.7 Å². The summed E-state index contributed by atoms with van der Waals surface area (Å²) in [5.41, 5.74) is 0.371. The van der Waals surface area contributed by atoms with Gasteiger partial charge in [-0.05, 0) is 62.3 Å². The maximum Gasteiger partial charge on any atom is 0.416 e. The Hall–Kier alpha value is -5.03. The quantitative estimate of drug-likeness (QED) is 0.229. The molecular weight excluding hydrogens is 695 g/mol. The average molecular weight is 730 g/mol. The van der Waals surface area contributed by atoms with Crippen molar-refractivity contribution < 1.29 is 32.6 Å². The van der Waals surface area contributed by atoms with Crippen molar-refractivity contribution in [2.24, 2.45) is 5.92 Å². The fourth-order valence-corrected chi connectivity index (χ4v) is 6.54. The summed E-state index contributed by atoms with van der Waals surface area (Å²) in [6.07, 6.45) is 0.719. The lowest BCUT2D eigenvalue weighted by Crippen LogP contribution is -2.44. The van der Waals surface area contributed by atoms with Gasteiger partial charge in [-0.25, -0.2) is 9.97 Å². The maximum atomic E-state index is 14.3. The van der Waals surface area contributed by atoms with Crippen LogP contribution in [0, 0.1) is 12.8 Å². The molecule has 1 saturated heterocycles.